The van der Waals surface area contributed by atoms with Crippen LogP contribution in [0.1, 0.15) is 18.9 Å². The van der Waals surface area contributed by atoms with Gasteiger partial charge in [-0.3, -0.25) is 4.79 Å². The molecule has 0 spiro atoms. The summed E-state index contributed by atoms with van der Waals surface area (Å²) in [5.74, 6) is 1.55. The number of nitrogens with zero attached hydrogens (tertiary/aromatic N) is 1. The van der Waals surface area contributed by atoms with E-state index in [0.29, 0.717) is 18.4 Å². The second-order valence-electron chi connectivity index (χ2n) is 5.06. The van der Waals surface area contributed by atoms with Gasteiger partial charge < -0.3 is 9.64 Å². The minimum atomic E-state index is 0.193. The van der Waals surface area contributed by atoms with E-state index in [1.165, 1.54) is 0 Å². The maximum Gasteiger partial charge on any atom is 0.227 e. The molecule has 0 radical (unpaired) electrons. The highest BCUT2D eigenvalue weighted by Crippen LogP contribution is 2.27. The molecule has 1 fully saturated rings. The number of halogens is 1. The van der Waals surface area contributed by atoms with Crippen LogP contribution in [0.3, 0.4) is 0 Å². The summed E-state index contributed by atoms with van der Waals surface area (Å²) in [5.41, 5.74) is 0.961. The lowest BCUT2D eigenvalue weighted by Crippen LogP contribution is -2.39. The lowest BCUT2D eigenvalue weighted by Gasteiger charge is -2.25. The van der Waals surface area contributed by atoms with Gasteiger partial charge in [0.2, 0.25) is 5.91 Å². The van der Waals surface area contributed by atoms with Crippen molar-refractivity contribution in [2.75, 3.05) is 19.0 Å². The Hall–Kier alpha value is -1.03. The third-order valence-corrected chi connectivity index (χ3v) is 4.56. The largest absolute Gasteiger partial charge is 0.496 e. The fraction of sp³-hybridized carbons (Fsp3) is 0.533. The van der Waals surface area contributed by atoms with Crippen LogP contribution >= 0.6 is 15.9 Å². The normalized spacial score (nSPS) is 22.6. The molecule has 1 aromatic carbocycles. The van der Waals surface area contributed by atoms with Crippen LogP contribution in [0.2, 0.25) is 0 Å². The van der Waals surface area contributed by atoms with Crippen molar-refractivity contribution < 1.29 is 9.53 Å². The maximum atomic E-state index is 12.4. The molecule has 1 aromatic rings. The van der Waals surface area contributed by atoms with E-state index < -0.39 is 0 Å². The Bertz CT molecular complexity index is 450. The monoisotopic (exact) mass is 325 g/mol. The van der Waals surface area contributed by atoms with E-state index in [0.717, 1.165) is 29.6 Å². The molecule has 1 amide bonds. The van der Waals surface area contributed by atoms with Gasteiger partial charge in [0.05, 0.1) is 13.5 Å². The molecule has 1 aliphatic rings. The number of benzene rings is 1. The third-order valence-electron chi connectivity index (χ3n) is 3.90. The summed E-state index contributed by atoms with van der Waals surface area (Å²) in [6, 6.07) is 8.05. The average Bonchev–Trinajstić information content (AvgIpc) is 2.80. The van der Waals surface area contributed by atoms with Gasteiger partial charge in [0.1, 0.15) is 5.75 Å². The molecule has 1 heterocycles. The molecule has 0 bridgehead atoms. The van der Waals surface area contributed by atoms with Crippen molar-refractivity contribution in [3.05, 3.63) is 29.8 Å². The van der Waals surface area contributed by atoms with Crippen molar-refractivity contribution >= 4 is 21.8 Å². The van der Waals surface area contributed by atoms with E-state index in [9.17, 15) is 4.79 Å². The minimum absolute atomic E-state index is 0.193. The number of likely N-dealkylation sites (tertiary alicyclic amines) is 1. The molecule has 0 aromatic heterocycles. The third kappa shape index (κ3) is 3.11. The Kier molecular flexibility index (Phi) is 4.86. The summed E-state index contributed by atoms with van der Waals surface area (Å²) in [4.78, 5) is 14.5. The molecule has 0 saturated carbocycles. The Morgan fingerprint density at radius 3 is 2.89 bits per heavy atom. The standard InChI is InChI=1S/C15H20BrNO2/c1-11-7-8-17(13(11)10-16)15(18)9-12-5-3-4-6-14(12)19-2/h3-6,11,13H,7-10H2,1-2H3. The Balaban J connectivity index is 2.09. The Labute approximate surface area is 123 Å². The molecule has 2 unspecified atom stereocenters. The van der Waals surface area contributed by atoms with Crippen molar-refractivity contribution in [2.24, 2.45) is 5.92 Å². The number of hydrogen-bond acceptors (Lipinski definition) is 2. The molecule has 3 nitrogen and oxygen atoms in total. The zero-order chi connectivity index (χ0) is 13.8. The van der Waals surface area contributed by atoms with E-state index in [2.05, 4.69) is 22.9 Å². The van der Waals surface area contributed by atoms with E-state index in [-0.39, 0.29) is 5.91 Å². The van der Waals surface area contributed by atoms with Crippen LogP contribution in [0, 0.1) is 5.92 Å². The molecule has 4 heteroatoms. The second-order valence-corrected chi connectivity index (χ2v) is 5.71. The number of methoxy groups -OCH3 is 1. The molecule has 0 aliphatic carbocycles. The first kappa shape index (κ1) is 14.4. The Morgan fingerprint density at radius 1 is 1.47 bits per heavy atom. The molecule has 0 N–H and O–H groups in total. The van der Waals surface area contributed by atoms with Gasteiger partial charge in [-0.05, 0) is 18.4 Å². The fourth-order valence-electron chi connectivity index (χ4n) is 2.67. The number of alkyl halides is 1. The highest BCUT2D eigenvalue weighted by Gasteiger charge is 2.33. The molecular formula is C15H20BrNO2. The van der Waals surface area contributed by atoms with Gasteiger partial charge in [0.15, 0.2) is 0 Å². The van der Waals surface area contributed by atoms with Gasteiger partial charge in [0.25, 0.3) is 0 Å². The van der Waals surface area contributed by atoms with E-state index in [1.807, 2.05) is 29.2 Å². The smallest absolute Gasteiger partial charge is 0.227 e. The number of amides is 1. The summed E-state index contributed by atoms with van der Waals surface area (Å²) >= 11 is 3.52. The lowest BCUT2D eigenvalue weighted by atomic mass is 10.0. The maximum absolute atomic E-state index is 12.4. The first-order valence-corrected chi connectivity index (χ1v) is 7.76. The van der Waals surface area contributed by atoms with Crippen molar-refractivity contribution in [3.8, 4) is 5.75 Å². The van der Waals surface area contributed by atoms with Crippen molar-refractivity contribution in [3.63, 3.8) is 0 Å². The van der Waals surface area contributed by atoms with Crippen LogP contribution in [-0.2, 0) is 11.2 Å². The summed E-state index contributed by atoms with van der Waals surface area (Å²) in [6.07, 6.45) is 1.51. The van der Waals surface area contributed by atoms with Crippen LogP contribution in [0.4, 0.5) is 0 Å². The van der Waals surface area contributed by atoms with Gasteiger partial charge in [-0.2, -0.15) is 0 Å². The summed E-state index contributed by atoms with van der Waals surface area (Å²) in [6.45, 7) is 3.08. The van der Waals surface area contributed by atoms with Crippen LogP contribution in [0.15, 0.2) is 24.3 Å². The number of carbonyl (C=O) groups is 1. The first-order valence-electron chi connectivity index (χ1n) is 6.64. The number of ether oxygens (including phenoxy) is 1. The molecule has 104 valence electrons. The SMILES string of the molecule is COc1ccccc1CC(=O)N1CCC(C)C1CBr. The summed E-state index contributed by atoms with van der Waals surface area (Å²) in [7, 11) is 1.64. The van der Waals surface area contributed by atoms with Crippen molar-refractivity contribution in [2.45, 2.75) is 25.8 Å². The predicted octanol–water partition coefficient (Wildman–Crippen LogP) is 2.87. The summed E-state index contributed by atoms with van der Waals surface area (Å²) in [5, 5.41) is 0.853. The van der Waals surface area contributed by atoms with Gasteiger partial charge >= 0.3 is 0 Å². The zero-order valence-corrected chi connectivity index (χ0v) is 13.0. The van der Waals surface area contributed by atoms with Crippen LogP contribution in [0.5, 0.6) is 5.75 Å². The molecule has 1 aliphatic heterocycles. The number of para-hydroxylation sites is 1. The molecule has 2 rings (SSSR count). The average molecular weight is 326 g/mol. The van der Waals surface area contributed by atoms with Crippen LogP contribution in [-0.4, -0.2) is 35.8 Å². The van der Waals surface area contributed by atoms with Gasteiger partial charge in [0, 0.05) is 23.5 Å². The quantitative estimate of drug-likeness (QED) is 0.797. The van der Waals surface area contributed by atoms with Gasteiger partial charge in [-0.1, -0.05) is 41.1 Å². The van der Waals surface area contributed by atoms with E-state index in [1.54, 1.807) is 7.11 Å². The topological polar surface area (TPSA) is 29.5 Å². The summed E-state index contributed by atoms with van der Waals surface area (Å²) < 4.78 is 5.30. The lowest BCUT2D eigenvalue weighted by molar-refractivity contribution is -0.131. The van der Waals surface area contributed by atoms with Crippen molar-refractivity contribution in [1.29, 1.82) is 0 Å². The fourth-order valence-corrected chi connectivity index (χ4v) is 3.65. The number of rotatable bonds is 4. The van der Waals surface area contributed by atoms with Gasteiger partial charge in [-0.15, -0.1) is 0 Å². The molecule has 2 atom stereocenters. The van der Waals surface area contributed by atoms with Crippen molar-refractivity contribution in [1.82, 2.24) is 4.90 Å². The minimum Gasteiger partial charge on any atom is -0.496 e. The van der Waals surface area contributed by atoms with E-state index >= 15 is 0 Å². The molecular weight excluding hydrogens is 306 g/mol. The molecule has 19 heavy (non-hydrogen) atoms. The highest BCUT2D eigenvalue weighted by molar-refractivity contribution is 9.09. The first-order chi connectivity index (χ1) is 9.17. The predicted molar refractivity (Wildman–Crippen MR) is 79.8 cm³/mol. The Morgan fingerprint density at radius 2 is 2.21 bits per heavy atom. The highest BCUT2D eigenvalue weighted by atomic mass is 79.9. The van der Waals surface area contributed by atoms with Crippen LogP contribution < -0.4 is 4.74 Å². The number of hydrogen-bond donors (Lipinski definition) is 0. The van der Waals surface area contributed by atoms with Gasteiger partial charge in [-0.25, -0.2) is 0 Å². The molecule has 1 saturated heterocycles. The zero-order valence-electron chi connectivity index (χ0n) is 11.4. The van der Waals surface area contributed by atoms with Crippen LogP contribution in [0.25, 0.3) is 0 Å². The number of carbonyl (C=O) groups excluding carboxylic acids is 1. The second kappa shape index (κ2) is 6.42. The van der Waals surface area contributed by atoms with E-state index in [4.69, 9.17) is 4.74 Å².